The summed E-state index contributed by atoms with van der Waals surface area (Å²) < 4.78 is 5.38. The molecule has 1 aromatic heterocycles. The normalized spacial score (nSPS) is 20.4. The summed E-state index contributed by atoms with van der Waals surface area (Å²) in [5.74, 6) is -0.423. The Hall–Kier alpha value is -4.47. The molecule has 2 N–H and O–H groups in total. The SMILES string of the molecule is Cc1ccc([C@H]2c3[nH]c4ccccc4c3C[C@H]3C(=O)N(c4ccc(C(=O)NCCCN5CCOCC5)cc4)C(=O)N23)cc1. The molecule has 0 radical (unpaired) electrons. The first-order chi connectivity index (χ1) is 21.0. The first-order valence-corrected chi connectivity index (χ1v) is 15.0. The average Bonchev–Trinajstić information content (AvgIpc) is 3.53. The third-order valence-corrected chi connectivity index (χ3v) is 8.87. The Kier molecular flexibility index (Phi) is 7.20. The van der Waals surface area contributed by atoms with Gasteiger partial charge in [0.25, 0.3) is 11.8 Å². The number of imide groups is 1. The molecule has 2 fully saturated rings. The van der Waals surface area contributed by atoms with E-state index in [9.17, 15) is 14.4 Å². The average molecular weight is 578 g/mol. The lowest BCUT2D eigenvalue weighted by Crippen LogP contribution is -2.44. The maximum absolute atomic E-state index is 14.1. The van der Waals surface area contributed by atoms with E-state index in [0.717, 1.165) is 72.6 Å². The zero-order chi connectivity index (χ0) is 29.5. The van der Waals surface area contributed by atoms with Crippen molar-refractivity contribution in [2.75, 3.05) is 44.3 Å². The lowest BCUT2D eigenvalue weighted by Gasteiger charge is -2.36. The van der Waals surface area contributed by atoms with Crippen LogP contribution in [0.5, 0.6) is 0 Å². The molecule has 0 spiro atoms. The zero-order valence-corrected chi connectivity index (χ0v) is 24.2. The highest BCUT2D eigenvalue weighted by Gasteiger charge is 2.53. The number of benzene rings is 3. The molecule has 4 aromatic rings. The van der Waals surface area contributed by atoms with Crippen molar-refractivity contribution in [3.63, 3.8) is 0 Å². The number of aromatic nitrogens is 1. The summed E-state index contributed by atoms with van der Waals surface area (Å²) in [6.07, 6.45) is 1.30. The van der Waals surface area contributed by atoms with E-state index < -0.39 is 12.1 Å². The number of carbonyl (C=O) groups is 3. The van der Waals surface area contributed by atoms with Crippen LogP contribution in [0.15, 0.2) is 72.8 Å². The number of amides is 4. The molecule has 3 aliphatic rings. The van der Waals surface area contributed by atoms with E-state index in [0.29, 0.717) is 24.2 Å². The number of aryl methyl sites for hydroxylation is 1. The molecular weight excluding hydrogens is 542 g/mol. The fourth-order valence-electron chi connectivity index (χ4n) is 6.60. The molecule has 0 aliphatic carbocycles. The Morgan fingerprint density at radius 3 is 2.49 bits per heavy atom. The molecular formula is C34H35N5O4. The van der Waals surface area contributed by atoms with Crippen molar-refractivity contribution in [2.24, 2.45) is 0 Å². The van der Waals surface area contributed by atoms with Gasteiger partial charge in [-0.25, -0.2) is 9.69 Å². The topological polar surface area (TPSA) is 98.0 Å². The number of nitrogens with zero attached hydrogens (tertiary/aromatic N) is 3. The van der Waals surface area contributed by atoms with E-state index in [2.05, 4.69) is 21.3 Å². The molecule has 9 heteroatoms. The van der Waals surface area contributed by atoms with Gasteiger partial charge in [-0.15, -0.1) is 0 Å². The van der Waals surface area contributed by atoms with Crippen LogP contribution < -0.4 is 10.2 Å². The predicted molar refractivity (Wildman–Crippen MR) is 164 cm³/mol. The van der Waals surface area contributed by atoms with E-state index >= 15 is 0 Å². The standard InChI is InChI=1S/C34H35N5O4/c1-22-7-9-23(10-8-22)31-30-27(26-5-2-3-6-28(26)36-30)21-29-33(41)38(34(42)39(29)31)25-13-11-24(12-14-25)32(40)35-15-4-16-37-17-19-43-20-18-37/h2-3,5-14,29,31,36H,4,15-21H2,1H3,(H,35,40)/t29-,31-/m0/s1. The second-order valence-electron chi connectivity index (χ2n) is 11.6. The summed E-state index contributed by atoms with van der Waals surface area (Å²) in [4.78, 5) is 49.7. The number of hydrogen-bond donors (Lipinski definition) is 2. The minimum Gasteiger partial charge on any atom is -0.379 e. The fraction of sp³-hybridized carbons (Fsp3) is 0.324. The van der Waals surface area contributed by atoms with E-state index in [-0.39, 0.29) is 17.8 Å². The van der Waals surface area contributed by atoms with Crippen molar-refractivity contribution < 1.29 is 19.1 Å². The smallest absolute Gasteiger partial charge is 0.332 e. The summed E-state index contributed by atoms with van der Waals surface area (Å²) >= 11 is 0. The highest BCUT2D eigenvalue weighted by Crippen LogP contribution is 2.44. The van der Waals surface area contributed by atoms with Crippen LogP contribution in [0.25, 0.3) is 10.9 Å². The molecule has 43 heavy (non-hydrogen) atoms. The van der Waals surface area contributed by atoms with Gasteiger partial charge < -0.3 is 15.0 Å². The van der Waals surface area contributed by atoms with Crippen molar-refractivity contribution in [1.82, 2.24) is 20.1 Å². The van der Waals surface area contributed by atoms with E-state index in [1.54, 1.807) is 29.2 Å². The Balaban J connectivity index is 1.11. The summed E-state index contributed by atoms with van der Waals surface area (Å²) in [5, 5.41) is 4.06. The number of ether oxygens (including phenoxy) is 1. The predicted octanol–water partition coefficient (Wildman–Crippen LogP) is 4.41. The van der Waals surface area contributed by atoms with Gasteiger partial charge in [-0.3, -0.25) is 19.4 Å². The number of morpholine rings is 1. The molecule has 7 rings (SSSR count). The second kappa shape index (κ2) is 11.3. The van der Waals surface area contributed by atoms with Crippen molar-refractivity contribution in [3.8, 4) is 0 Å². The third kappa shape index (κ3) is 4.98. The van der Waals surface area contributed by atoms with Crippen molar-refractivity contribution >= 4 is 34.4 Å². The Morgan fingerprint density at radius 2 is 1.72 bits per heavy atom. The van der Waals surface area contributed by atoms with Gasteiger partial charge in [0, 0.05) is 48.2 Å². The number of carbonyl (C=O) groups excluding carboxylic acids is 3. The Morgan fingerprint density at radius 1 is 0.977 bits per heavy atom. The molecule has 2 atom stereocenters. The zero-order valence-electron chi connectivity index (χ0n) is 24.2. The first kappa shape index (κ1) is 27.4. The second-order valence-corrected chi connectivity index (χ2v) is 11.6. The minimum atomic E-state index is -0.625. The molecule has 0 saturated carbocycles. The van der Waals surface area contributed by atoms with Gasteiger partial charge >= 0.3 is 6.03 Å². The number of para-hydroxylation sites is 1. The maximum Gasteiger partial charge on any atom is 0.332 e. The van der Waals surface area contributed by atoms with Gasteiger partial charge in [-0.1, -0.05) is 48.0 Å². The largest absolute Gasteiger partial charge is 0.379 e. The number of H-pyrrole nitrogens is 1. The number of anilines is 1. The van der Waals surface area contributed by atoms with Gasteiger partial charge in [0.05, 0.1) is 18.9 Å². The van der Waals surface area contributed by atoms with E-state index in [4.69, 9.17) is 4.74 Å². The van der Waals surface area contributed by atoms with Gasteiger partial charge in [-0.2, -0.15) is 0 Å². The van der Waals surface area contributed by atoms with Crippen molar-refractivity contribution in [3.05, 3.63) is 101 Å². The van der Waals surface area contributed by atoms with Crippen LogP contribution in [0.1, 0.15) is 45.2 Å². The molecule has 220 valence electrons. The van der Waals surface area contributed by atoms with Crippen LogP contribution in [0.2, 0.25) is 0 Å². The van der Waals surface area contributed by atoms with Gasteiger partial charge in [0.2, 0.25) is 0 Å². The van der Waals surface area contributed by atoms with Crippen LogP contribution in [0.4, 0.5) is 10.5 Å². The summed E-state index contributed by atoms with van der Waals surface area (Å²) in [6.45, 7) is 6.90. The van der Waals surface area contributed by atoms with Crippen LogP contribution in [0, 0.1) is 6.92 Å². The summed E-state index contributed by atoms with van der Waals surface area (Å²) in [6, 6.07) is 21.5. The molecule has 9 nitrogen and oxygen atoms in total. The number of fused-ring (bicyclic) bond motifs is 4. The Bertz CT molecular complexity index is 1670. The molecule has 4 amide bonds. The Labute approximate surface area is 250 Å². The van der Waals surface area contributed by atoms with Gasteiger partial charge in [0.15, 0.2) is 0 Å². The highest BCUT2D eigenvalue weighted by atomic mass is 16.5. The molecule has 3 aliphatic heterocycles. The maximum atomic E-state index is 14.1. The minimum absolute atomic E-state index is 0.171. The van der Waals surface area contributed by atoms with Crippen LogP contribution in [-0.2, 0) is 16.0 Å². The third-order valence-electron chi connectivity index (χ3n) is 8.87. The van der Waals surface area contributed by atoms with Crippen LogP contribution in [0.3, 0.4) is 0 Å². The lowest BCUT2D eigenvalue weighted by molar-refractivity contribution is -0.120. The number of urea groups is 1. The number of hydrogen-bond acceptors (Lipinski definition) is 5. The summed E-state index contributed by atoms with van der Waals surface area (Å²) in [7, 11) is 0. The molecule has 4 heterocycles. The first-order valence-electron chi connectivity index (χ1n) is 15.0. The molecule has 0 unspecified atom stereocenters. The van der Waals surface area contributed by atoms with Crippen molar-refractivity contribution in [2.45, 2.75) is 31.8 Å². The monoisotopic (exact) mass is 577 g/mol. The number of aromatic amines is 1. The molecule has 3 aromatic carbocycles. The van der Waals surface area contributed by atoms with Gasteiger partial charge in [0.1, 0.15) is 12.1 Å². The molecule has 0 bridgehead atoms. The highest BCUT2D eigenvalue weighted by molar-refractivity contribution is 6.22. The van der Waals surface area contributed by atoms with Gasteiger partial charge in [-0.05, 0) is 61.3 Å². The van der Waals surface area contributed by atoms with Crippen LogP contribution >= 0.6 is 0 Å². The fourth-order valence-corrected chi connectivity index (χ4v) is 6.60. The summed E-state index contributed by atoms with van der Waals surface area (Å²) in [5.41, 5.74) is 6.05. The quantitative estimate of drug-likeness (QED) is 0.251. The van der Waals surface area contributed by atoms with E-state index in [1.807, 2.05) is 49.4 Å². The lowest BCUT2D eigenvalue weighted by atomic mass is 9.88. The number of rotatable bonds is 7. The number of nitrogens with one attached hydrogen (secondary N) is 2. The van der Waals surface area contributed by atoms with Crippen LogP contribution in [-0.4, -0.2) is 78.1 Å². The van der Waals surface area contributed by atoms with E-state index in [1.165, 1.54) is 4.90 Å². The molecule has 2 saturated heterocycles. The van der Waals surface area contributed by atoms with Crippen molar-refractivity contribution in [1.29, 1.82) is 0 Å².